The van der Waals surface area contributed by atoms with E-state index in [0.29, 0.717) is 0 Å². The highest BCUT2D eigenvalue weighted by Crippen LogP contribution is 2.26. The summed E-state index contributed by atoms with van der Waals surface area (Å²) in [6.07, 6.45) is 8.13. The van der Waals surface area contributed by atoms with Gasteiger partial charge in [-0.3, -0.25) is 0 Å². The van der Waals surface area contributed by atoms with Gasteiger partial charge in [-0.05, 0) is 19.3 Å². The van der Waals surface area contributed by atoms with Gasteiger partial charge in [-0.1, -0.05) is 40.0 Å². The van der Waals surface area contributed by atoms with Crippen LogP contribution in [0.15, 0.2) is 0 Å². The number of nitrogens with one attached hydrogen (secondary N) is 1. The topological polar surface area (TPSA) is 12.0 Å². The molecule has 0 saturated carbocycles. The minimum absolute atomic E-state index is 0.783. The van der Waals surface area contributed by atoms with Crippen LogP contribution in [0.3, 0.4) is 0 Å². The highest BCUT2D eigenvalue weighted by Gasteiger charge is 2.23. The molecule has 0 radical (unpaired) electrons. The molecule has 0 aromatic carbocycles. The SMILES string of the molecule is CCCCC(CCC)NC1CSC(C)C1. The van der Waals surface area contributed by atoms with Crippen LogP contribution in [0, 0.1) is 0 Å². The number of hydrogen-bond donors (Lipinski definition) is 1. The maximum Gasteiger partial charge on any atom is 0.0171 e. The minimum atomic E-state index is 0.783. The monoisotopic (exact) mass is 229 g/mol. The zero-order valence-corrected chi connectivity index (χ0v) is 11.4. The van der Waals surface area contributed by atoms with Gasteiger partial charge in [0.2, 0.25) is 0 Å². The fourth-order valence-electron chi connectivity index (χ4n) is 2.38. The lowest BCUT2D eigenvalue weighted by Crippen LogP contribution is -2.38. The Balaban J connectivity index is 2.23. The van der Waals surface area contributed by atoms with Crippen molar-refractivity contribution in [1.82, 2.24) is 5.32 Å². The standard InChI is InChI=1S/C13H27NS/c1-4-6-8-12(7-5-2)14-13-9-11(3)15-10-13/h11-14H,4-10H2,1-3H3. The smallest absolute Gasteiger partial charge is 0.0171 e. The van der Waals surface area contributed by atoms with Crippen LogP contribution < -0.4 is 5.32 Å². The molecule has 0 aromatic heterocycles. The quantitative estimate of drug-likeness (QED) is 0.712. The lowest BCUT2D eigenvalue weighted by Gasteiger charge is -2.22. The summed E-state index contributed by atoms with van der Waals surface area (Å²) in [4.78, 5) is 0. The van der Waals surface area contributed by atoms with E-state index in [-0.39, 0.29) is 0 Å². The predicted octanol–water partition coefficient (Wildman–Crippen LogP) is 3.83. The molecule has 3 unspecified atom stereocenters. The summed E-state index contributed by atoms with van der Waals surface area (Å²) in [5.74, 6) is 1.33. The van der Waals surface area contributed by atoms with Crippen molar-refractivity contribution in [3.05, 3.63) is 0 Å². The Bertz CT molecular complexity index is 161. The van der Waals surface area contributed by atoms with Gasteiger partial charge in [0.15, 0.2) is 0 Å². The zero-order chi connectivity index (χ0) is 11.1. The normalized spacial score (nSPS) is 28.2. The molecule has 0 aromatic rings. The van der Waals surface area contributed by atoms with E-state index in [0.717, 1.165) is 17.3 Å². The van der Waals surface area contributed by atoms with Crippen molar-refractivity contribution in [2.45, 2.75) is 76.6 Å². The van der Waals surface area contributed by atoms with Gasteiger partial charge in [0.05, 0.1) is 0 Å². The Labute approximate surface area is 99.8 Å². The van der Waals surface area contributed by atoms with E-state index in [1.807, 2.05) is 0 Å². The zero-order valence-electron chi connectivity index (χ0n) is 10.6. The van der Waals surface area contributed by atoms with Crippen molar-refractivity contribution in [3.8, 4) is 0 Å². The van der Waals surface area contributed by atoms with Gasteiger partial charge in [0, 0.05) is 23.1 Å². The van der Waals surface area contributed by atoms with Crippen molar-refractivity contribution in [3.63, 3.8) is 0 Å². The summed E-state index contributed by atoms with van der Waals surface area (Å²) in [6, 6.07) is 1.57. The maximum absolute atomic E-state index is 3.86. The third-order valence-corrected chi connectivity index (χ3v) is 4.57. The van der Waals surface area contributed by atoms with Gasteiger partial charge < -0.3 is 5.32 Å². The largest absolute Gasteiger partial charge is 0.310 e. The molecular formula is C13H27NS. The molecule has 3 atom stereocenters. The molecule has 90 valence electrons. The van der Waals surface area contributed by atoms with Crippen molar-refractivity contribution in [1.29, 1.82) is 0 Å². The first kappa shape index (κ1) is 13.4. The van der Waals surface area contributed by atoms with Gasteiger partial charge >= 0.3 is 0 Å². The Morgan fingerprint density at radius 2 is 2.07 bits per heavy atom. The summed E-state index contributed by atoms with van der Waals surface area (Å²) in [7, 11) is 0. The fraction of sp³-hybridized carbons (Fsp3) is 1.00. The molecule has 1 fully saturated rings. The first-order valence-electron chi connectivity index (χ1n) is 6.63. The second kappa shape index (κ2) is 7.56. The molecule has 0 aliphatic carbocycles. The predicted molar refractivity (Wildman–Crippen MR) is 71.7 cm³/mol. The minimum Gasteiger partial charge on any atom is -0.310 e. The number of rotatable bonds is 7. The van der Waals surface area contributed by atoms with Crippen LogP contribution in [0.1, 0.15) is 59.3 Å². The van der Waals surface area contributed by atoms with Gasteiger partial charge in [-0.15, -0.1) is 0 Å². The van der Waals surface area contributed by atoms with Gasteiger partial charge in [0.25, 0.3) is 0 Å². The third-order valence-electron chi connectivity index (χ3n) is 3.21. The molecule has 1 rings (SSSR count). The van der Waals surface area contributed by atoms with Crippen LogP contribution in [-0.2, 0) is 0 Å². The molecular weight excluding hydrogens is 202 g/mol. The van der Waals surface area contributed by atoms with Crippen molar-refractivity contribution >= 4 is 11.8 Å². The van der Waals surface area contributed by atoms with Crippen LogP contribution in [0.4, 0.5) is 0 Å². The average Bonchev–Trinajstić information content (AvgIpc) is 2.61. The molecule has 1 aliphatic heterocycles. The summed E-state index contributed by atoms with van der Waals surface area (Å²) in [6.45, 7) is 6.94. The lowest BCUT2D eigenvalue weighted by molar-refractivity contribution is 0.389. The maximum atomic E-state index is 3.86. The van der Waals surface area contributed by atoms with Crippen LogP contribution in [0.2, 0.25) is 0 Å². The second-order valence-corrected chi connectivity index (χ2v) is 6.34. The van der Waals surface area contributed by atoms with E-state index in [1.54, 1.807) is 0 Å². The van der Waals surface area contributed by atoms with E-state index in [2.05, 4.69) is 37.8 Å². The Kier molecular flexibility index (Phi) is 6.74. The third kappa shape index (κ3) is 5.26. The summed E-state index contributed by atoms with van der Waals surface area (Å²) >= 11 is 2.13. The second-order valence-electron chi connectivity index (χ2n) is 4.87. The molecule has 1 nitrogen and oxygen atoms in total. The van der Waals surface area contributed by atoms with Gasteiger partial charge in [0.1, 0.15) is 0 Å². The number of thioether (sulfide) groups is 1. The summed E-state index contributed by atoms with van der Waals surface area (Å²) < 4.78 is 0. The molecule has 0 spiro atoms. The van der Waals surface area contributed by atoms with E-state index in [9.17, 15) is 0 Å². The number of unbranched alkanes of at least 4 members (excludes halogenated alkanes) is 1. The Hall–Kier alpha value is 0.310. The highest BCUT2D eigenvalue weighted by molar-refractivity contribution is 8.00. The lowest BCUT2D eigenvalue weighted by atomic mass is 10.0. The fourth-order valence-corrected chi connectivity index (χ4v) is 3.54. The van der Waals surface area contributed by atoms with E-state index in [1.165, 1.54) is 44.3 Å². The molecule has 1 aliphatic rings. The van der Waals surface area contributed by atoms with Crippen molar-refractivity contribution in [2.24, 2.45) is 0 Å². The van der Waals surface area contributed by atoms with E-state index in [4.69, 9.17) is 0 Å². The first-order valence-corrected chi connectivity index (χ1v) is 7.68. The van der Waals surface area contributed by atoms with Gasteiger partial charge in [-0.2, -0.15) is 11.8 Å². The molecule has 1 saturated heterocycles. The first-order chi connectivity index (χ1) is 7.26. The van der Waals surface area contributed by atoms with E-state index < -0.39 is 0 Å². The molecule has 0 amide bonds. The molecule has 2 heteroatoms. The Morgan fingerprint density at radius 1 is 1.27 bits per heavy atom. The van der Waals surface area contributed by atoms with Crippen LogP contribution in [0.25, 0.3) is 0 Å². The molecule has 15 heavy (non-hydrogen) atoms. The van der Waals surface area contributed by atoms with Crippen LogP contribution in [0.5, 0.6) is 0 Å². The average molecular weight is 229 g/mol. The van der Waals surface area contributed by atoms with E-state index >= 15 is 0 Å². The molecule has 1 heterocycles. The molecule has 0 bridgehead atoms. The van der Waals surface area contributed by atoms with Crippen LogP contribution in [-0.4, -0.2) is 23.1 Å². The molecule has 1 N–H and O–H groups in total. The van der Waals surface area contributed by atoms with Crippen molar-refractivity contribution in [2.75, 3.05) is 5.75 Å². The summed E-state index contributed by atoms with van der Waals surface area (Å²) in [5, 5.41) is 4.73. The summed E-state index contributed by atoms with van der Waals surface area (Å²) in [5.41, 5.74) is 0. The highest BCUT2D eigenvalue weighted by atomic mass is 32.2. The Morgan fingerprint density at radius 3 is 2.60 bits per heavy atom. The van der Waals surface area contributed by atoms with Crippen molar-refractivity contribution < 1.29 is 0 Å². The van der Waals surface area contributed by atoms with Crippen LogP contribution >= 0.6 is 11.8 Å². The number of hydrogen-bond acceptors (Lipinski definition) is 2. The van der Waals surface area contributed by atoms with Gasteiger partial charge in [-0.25, -0.2) is 0 Å².